The summed E-state index contributed by atoms with van der Waals surface area (Å²) in [6.07, 6.45) is 22.5. The van der Waals surface area contributed by atoms with Gasteiger partial charge in [-0.15, -0.1) is 12.8 Å². The van der Waals surface area contributed by atoms with Gasteiger partial charge in [0.15, 0.2) is 5.13 Å². The van der Waals surface area contributed by atoms with E-state index in [1.54, 1.807) is 12.3 Å². The van der Waals surface area contributed by atoms with E-state index in [4.69, 9.17) is 21.6 Å². The maximum Gasteiger partial charge on any atom is 0.245 e. The quantitative estimate of drug-likeness (QED) is 0.0890. The maximum atomic E-state index is 11.0. The van der Waals surface area contributed by atoms with Crippen molar-refractivity contribution in [1.82, 2.24) is 15.2 Å². The number of anilines is 2. The zero-order chi connectivity index (χ0) is 30.2. The molecule has 7 N–H and O–H groups in total. The largest absolute Gasteiger partial charge is 0.389 e. The molecule has 39 heavy (non-hydrogen) atoms. The first-order chi connectivity index (χ1) is 18.5. The lowest BCUT2D eigenvalue weighted by Crippen LogP contribution is -2.34. The molecule has 9 nitrogen and oxygen atoms in total. The second-order valence-corrected chi connectivity index (χ2v) is 9.76. The van der Waals surface area contributed by atoms with E-state index in [-0.39, 0.29) is 11.7 Å². The van der Waals surface area contributed by atoms with Crippen molar-refractivity contribution in [3.8, 4) is 12.8 Å². The topological polar surface area (TPSA) is 142 Å². The molecule has 0 saturated carbocycles. The number of aromatic nitrogens is 1. The third kappa shape index (κ3) is 20.3. The number of piperidine rings is 1. The van der Waals surface area contributed by atoms with Crippen LogP contribution < -0.4 is 22.1 Å². The van der Waals surface area contributed by atoms with Crippen molar-refractivity contribution < 1.29 is 9.53 Å². The third-order valence-corrected chi connectivity index (χ3v) is 5.61. The first kappa shape index (κ1) is 37.8. The number of ether oxygens (including phenoxy) is 1. The van der Waals surface area contributed by atoms with Gasteiger partial charge in [-0.25, -0.2) is 4.98 Å². The molecule has 1 saturated heterocycles. The normalized spacial score (nSPS) is 13.9. The standard InChI is InChI=1S/C12H17N5S.C8H13NO.C7H17NO.C2H2/c1-3-4-9-11(15)18-12(17-9)16-6-5-8(2)7-10(13)14;1-2-8(10)9-6-4-3-5-7-9;1-6(2)9-7(3)5-8-4;1-2/h3-7H,15H2,1-2H3,(H3,13,14)(H,16,17);2H,1,3-7H2;6-8H,5H2,1-4H3;1-2H/b4-3-,6-5+,8-7-;;;. The van der Waals surface area contributed by atoms with Crippen molar-refractivity contribution in [3.63, 3.8) is 0 Å². The van der Waals surface area contributed by atoms with Crippen molar-refractivity contribution in [2.75, 3.05) is 37.7 Å². The van der Waals surface area contributed by atoms with Crippen LogP contribution >= 0.6 is 11.3 Å². The number of carbonyl (C=O) groups is 1. The van der Waals surface area contributed by atoms with Crippen LogP contribution in [-0.2, 0) is 9.53 Å². The number of nitrogens with one attached hydrogen (secondary N) is 3. The Balaban J connectivity index is 0. The van der Waals surface area contributed by atoms with Crippen LogP contribution in [0.2, 0.25) is 0 Å². The Morgan fingerprint density at radius 2 is 1.90 bits per heavy atom. The minimum Gasteiger partial charge on any atom is -0.389 e. The SMILES string of the molecule is C#C.C/C=C\c1nc(N/C=C/C(C)=C\C(=N)N)sc1N.C=CC(=O)N1CCCCC1.CNCC(C)OC(C)C. The lowest BCUT2D eigenvalue weighted by Gasteiger charge is -2.25. The fourth-order valence-corrected chi connectivity index (χ4v) is 3.96. The molecule has 1 atom stereocenters. The molecule has 1 unspecified atom stereocenters. The highest BCUT2D eigenvalue weighted by atomic mass is 32.1. The number of thiazole rings is 1. The second-order valence-electron chi connectivity index (χ2n) is 8.73. The zero-order valence-corrected chi connectivity index (χ0v) is 25.3. The first-order valence-electron chi connectivity index (χ1n) is 12.9. The molecule has 0 aromatic carbocycles. The van der Waals surface area contributed by atoms with E-state index >= 15 is 0 Å². The van der Waals surface area contributed by atoms with E-state index in [1.807, 2.05) is 57.9 Å². The fraction of sp³-hybridized carbons (Fsp3) is 0.483. The molecule has 2 heterocycles. The summed E-state index contributed by atoms with van der Waals surface area (Å²) in [4.78, 5) is 17.1. The number of rotatable bonds is 10. The number of carbonyl (C=O) groups excluding carboxylic acids is 1. The molecule has 1 amide bonds. The Hall–Kier alpha value is -3.39. The Morgan fingerprint density at radius 1 is 1.28 bits per heavy atom. The van der Waals surface area contributed by atoms with Gasteiger partial charge in [-0.2, -0.15) is 0 Å². The molecular weight excluding hydrogens is 510 g/mol. The van der Waals surface area contributed by atoms with E-state index in [9.17, 15) is 4.79 Å². The molecule has 218 valence electrons. The van der Waals surface area contributed by atoms with Crippen LogP contribution in [0.25, 0.3) is 6.08 Å². The van der Waals surface area contributed by atoms with Gasteiger partial charge in [-0.1, -0.05) is 24.0 Å². The van der Waals surface area contributed by atoms with E-state index < -0.39 is 0 Å². The number of allylic oxidation sites excluding steroid dienone is 3. The molecule has 1 aromatic heterocycles. The summed E-state index contributed by atoms with van der Waals surface area (Å²) >= 11 is 1.39. The van der Waals surface area contributed by atoms with Gasteiger partial charge in [-0.3, -0.25) is 10.2 Å². The summed E-state index contributed by atoms with van der Waals surface area (Å²) in [5.41, 5.74) is 12.7. The molecule has 1 aliphatic heterocycles. The van der Waals surface area contributed by atoms with Gasteiger partial charge in [-0.05, 0) is 90.8 Å². The predicted octanol–water partition coefficient (Wildman–Crippen LogP) is 5.02. The van der Waals surface area contributed by atoms with Crippen LogP contribution in [0, 0.1) is 18.3 Å². The Labute approximate surface area is 240 Å². The van der Waals surface area contributed by atoms with Gasteiger partial charge >= 0.3 is 0 Å². The number of nitrogens with zero attached hydrogens (tertiary/aromatic N) is 2. The Bertz CT molecular complexity index is 943. The van der Waals surface area contributed by atoms with Crippen LogP contribution in [0.4, 0.5) is 10.1 Å². The summed E-state index contributed by atoms with van der Waals surface area (Å²) in [7, 11) is 1.93. The highest BCUT2D eigenvalue weighted by molar-refractivity contribution is 7.19. The van der Waals surface area contributed by atoms with E-state index in [1.165, 1.54) is 23.8 Å². The molecule has 0 radical (unpaired) electrons. The minimum atomic E-state index is 0.0333. The van der Waals surface area contributed by atoms with Gasteiger partial charge < -0.3 is 31.7 Å². The Morgan fingerprint density at radius 3 is 2.38 bits per heavy atom. The lowest BCUT2D eigenvalue weighted by molar-refractivity contribution is -0.126. The van der Waals surface area contributed by atoms with Gasteiger partial charge in [0, 0.05) is 25.8 Å². The molecule has 2 rings (SSSR count). The lowest BCUT2D eigenvalue weighted by atomic mass is 10.1. The van der Waals surface area contributed by atoms with E-state index in [2.05, 4.69) is 42.0 Å². The smallest absolute Gasteiger partial charge is 0.245 e. The minimum absolute atomic E-state index is 0.0333. The van der Waals surface area contributed by atoms with Crippen LogP contribution in [0.5, 0.6) is 0 Å². The monoisotopic (exact) mass is 559 g/mol. The van der Waals surface area contributed by atoms with E-state index in [0.717, 1.165) is 48.9 Å². The summed E-state index contributed by atoms with van der Waals surface area (Å²) < 4.78 is 5.43. The van der Waals surface area contributed by atoms with Crippen molar-refractivity contribution >= 4 is 39.3 Å². The summed E-state index contributed by atoms with van der Waals surface area (Å²) in [6, 6.07) is 0. The molecule has 1 aliphatic rings. The number of likely N-dealkylation sites (tertiary alicyclic amines) is 1. The van der Waals surface area contributed by atoms with Gasteiger partial charge in [0.05, 0.1) is 17.9 Å². The van der Waals surface area contributed by atoms with E-state index in [0.29, 0.717) is 17.2 Å². The third-order valence-electron chi connectivity index (χ3n) is 4.78. The zero-order valence-electron chi connectivity index (χ0n) is 24.5. The summed E-state index contributed by atoms with van der Waals surface area (Å²) in [5.74, 6) is 0.116. The highest BCUT2D eigenvalue weighted by Crippen LogP contribution is 2.26. The molecule has 1 aromatic rings. The van der Waals surface area contributed by atoms with Crippen molar-refractivity contribution in [2.24, 2.45) is 5.73 Å². The summed E-state index contributed by atoms with van der Waals surface area (Å²) in [5, 5.41) is 14.6. The average molecular weight is 560 g/mol. The van der Waals surface area contributed by atoms with Gasteiger partial charge in [0.1, 0.15) is 10.8 Å². The van der Waals surface area contributed by atoms with Crippen molar-refractivity contribution in [3.05, 3.63) is 48.4 Å². The number of amides is 1. The maximum absolute atomic E-state index is 11.0. The molecule has 0 aliphatic carbocycles. The molecule has 0 bridgehead atoms. The number of nitrogens with two attached hydrogens (primary N) is 2. The number of hydrogen-bond acceptors (Lipinski definition) is 8. The fourth-order valence-electron chi connectivity index (χ4n) is 3.26. The summed E-state index contributed by atoms with van der Waals surface area (Å²) in [6.45, 7) is 16.2. The molecule has 10 heteroatoms. The first-order valence-corrected chi connectivity index (χ1v) is 13.7. The number of amidine groups is 1. The van der Waals surface area contributed by atoms with Crippen molar-refractivity contribution in [1.29, 1.82) is 5.41 Å². The second kappa shape index (κ2) is 23.7. The van der Waals surface area contributed by atoms with Crippen molar-refractivity contribution in [2.45, 2.75) is 66.1 Å². The highest BCUT2D eigenvalue weighted by Gasteiger charge is 2.12. The Kier molecular flexibility index (Phi) is 23.0. The number of likely N-dealkylation sites (N-methyl/N-ethyl adjacent to an activating group) is 1. The van der Waals surface area contributed by atoms with Crippen LogP contribution in [0.15, 0.2) is 42.7 Å². The number of hydrogen-bond donors (Lipinski definition) is 5. The average Bonchev–Trinajstić information content (AvgIpc) is 3.24. The van der Waals surface area contributed by atoms with Gasteiger partial charge in [0.25, 0.3) is 0 Å². The van der Waals surface area contributed by atoms with Crippen LogP contribution in [0.1, 0.15) is 59.6 Å². The molecule has 1 fully saturated rings. The van der Waals surface area contributed by atoms with Crippen LogP contribution in [0.3, 0.4) is 0 Å². The van der Waals surface area contributed by atoms with Gasteiger partial charge in [0.2, 0.25) is 5.91 Å². The molecular formula is C29H49N7O2S. The predicted molar refractivity (Wildman–Crippen MR) is 170 cm³/mol. The molecule has 0 spiro atoms. The van der Waals surface area contributed by atoms with Crippen LogP contribution in [-0.4, -0.2) is 60.5 Å². The number of terminal acetylenes is 1. The number of nitrogen functional groups attached to an aromatic ring is 1.